The minimum atomic E-state index is -0.596. The van der Waals surface area contributed by atoms with Crippen LogP contribution in [0.4, 0.5) is 17.6 Å². The molecule has 0 atom stereocenters. The van der Waals surface area contributed by atoms with Crippen LogP contribution < -0.4 is 11.1 Å². The highest BCUT2D eigenvalue weighted by Gasteiger charge is 2.16. The van der Waals surface area contributed by atoms with Crippen LogP contribution in [0.15, 0.2) is 42.6 Å². The van der Waals surface area contributed by atoms with E-state index in [2.05, 4.69) is 20.3 Å². The summed E-state index contributed by atoms with van der Waals surface area (Å²) in [5, 5.41) is 3.01. The highest BCUT2D eigenvalue weighted by atomic mass is 16.5. The van der Waals surface area contributed by atoms with Crippen molar-refractivity contribution in [3.05, 3.63) is 59.7 Å². The first-order chi connectivity index (χ1) is 12.9. The van der Waals surface area contributed by atoms with Crippen LogP contribution in [0.3, 0.4) is 0 Å². The Labute approximate surface area is 155 Å². The standard InChI is InChI=1S/C18H18N6O3/c1-11(25)12-8-14(24(2)9-12)16(26)27-10-15-21-17(19)23-18(22-15)20-13-6-4-3-5-7-13/h3-9H,10H2,1-2H3,(H3,19,20,21,22,23). The van der Waals surface area contributed by atoms with Gasteiger partial charge in [-0.1, -0.05) is 18.2 Å². The predicted molar refractivity (Wildman–Crippen MR) is 98.5 cm³/mol. The lowest BCUT2D eigenvalue weighted by Gasteiger charge is -2.08. The number of para-hydroxylation sites is 1. The zero-order valence-corrected chi connectivity index (χ0v) is 14.8. The fourth-order valence-electron chi connectivity index (χ4n) is 2.37. The molecule has 2 heterocycles. The van der Waals surface area contributed by atoms with Gasteiger partial charge in [-0.25, -0.2) is 4.79 Å². The maximum absolute atomic E-state index is 12.3. The van der Waals surface area contributed by atoms with E-state index in [9.17, 15) is 9.59 Å². The average molecular weight is 366 g/mol. The first-order valence-electron chi connectivity index (χ1n) is 8.09. The number of ether oxygens (including phenoxy) is 1. The number of nitrogen functional groups attached to an aromatic ring is 1. The number of benzene rings is 1. The van der Waals surface area contributed by atoms with Gasteiger partial charge in [0.2, 0.25) is 11.9 Å². The van der Waals surface area contributed by atoms with Crippen LogP contribution in [-0.4, -0.2) is 31.3 Å². The Bertz CT molecular complexity index is 984. The van der Waals surface area contributed by atoms with Crippen LogP contribution in [0, 0.1) is 0 Å². The van der Waals surface area contributed by atoms with Crippen LogP contribution in [-0.2, 0) is 18.4 Å². The number of esters is 1. The Hall–Kier alpha value is -3.75. The quantitative estimate of drug-likeness (QED) is 0.502. The van der Waals surface area contributed by atoms with Crippen LogP contribution in [0.25, 0.3) is 0 Å². The molecule has 0 aliphatic heterocycles. The van der Waals surface area contributed by atoms with Gasteiger partial charge in [0, 0.05) is 24.5 Å². The molecule has 0 amide bonds. The minimum absolute atomic E-state index is 0.00668. The second-order valence-electron chi connectivity index (χ2n) is 5.78. The summed E-state index contributed by atoms with van der Waals surface area (Å²) in [4.78, 5) is 35.9. The molecule has 0 saturated carbocycles. The molecule has 3 aromatic rings. The zero-order chi connectivity index (χ0) is 19.4. The van der Waals surface area contributed by atoms with Crippen LogP contribution in [0.2, 0.25) is 0 Å². The number of Topliss-reactive ketones (excluding diaryl/α,β-unsaturated/α-hetero) is 1. The summed E-state index contributed by atoms with van der Waals surface area (Å²) in [7, 11) is 1.66. The zero-order valence-electron chi connectivity index (χ0n) is 14.8. The second kappa shape index (κ2) is 7.65. The van der Waals surface area contributed by atoms with E-state index in [4.69, 9.17) is 10.5 Å². The van der Waals surface area contributed by atoms with Gasteiger partial charge in [-0.3, -0.25) is 4.79 Å². The predicted octanol–water partition coefficient (Wildman–Crippen LogP) is 2.10. The first-order valence-corrected chi connectivity index (χ1v) is 8.09. The van der Waals surface area contributed by atoms with Crippen molar-refractivity contribution in [2.24, 2.45) is 7.05 Å². The topological polar surface area (TPSA) is 125 Å². The Morgan fingerprint density at radius 3 is 2.59 bits per heavy atom. The molecule has 0 aliphatic carbocycles. The number of nitrogens with one attached hydrogen (secondary N) is 1. The molecule has 3 rings (SSSR count). The van der Waals surface area contributed by atoms with Gasteiger partial charge in [0.15, 0.2) is 18.2 Å². The summed E-state index contributed by atoms with van der Waals surface area (Å²) < 4.78 is 6.77. The summed E-state index contributed by atoms with van der Waals surface area (Å²) in [6.07, 6.45) is 1.57. The van der Waals surface area contributed by atoms with Crippen LogP contribution in [0.5, 0.6) is 0 Å². The molecular weight excluding hydrogens is 348 g/mol. The number of aryl methyl sites for hydroxylation is 1. The van der Waals surface area contributed by atoms with E-state index >= 15 is 0 Å². The Morgan fingerprint density at radius 1 is 1.19 bits per heavy atom. The minimum Gasteiger partial charge on any atom is -0.453 e. The lowest BCUT2D eigenvalue weighted by molar-refractivity contribution is 0.0451. The lowest BCUT2D eigenvalue weighted by Crippen LogP contribution is -2.13. The van der Waals surface area contributed by atoms with Gasteiger partial charge < -0.3 is 20.4 Å². The van der Waals surface area contributed by atoms with E-state index in [0.29, 0.717) is 5.56 Å². The smallest absolute Gasteiger partial charge is 0.355 e. The summed E-state index contributed by atoms with van der Waals surface area (Å²) in [6, 6.07) is 10.8. The number of anilines is 3. The summed E-state index contributed by atoms with van der Waals surface area (Å²) in [5.41, 5.74) is 7.18. The molecule has 3 N–H and O–H groups in total. The highest BCUT2D eigenvalue weighted by molar-refractivity contribution is 5.97. The number of nitrogens with zero attached hydrogens (tertiary/aromatic N) is 4. The number of carbonyl (C=O) groups excluding carboxylic acids is 2. The monoisotopic (exact) mass is 366 g/mol. The molecule has 0 bridgehead atoms. The number of rotatable bonds is 6. The molecule has 0 aliphatic rings. The largest absolute Gasteiger partial charge is 0.453 e. The van der Waals surface area contributed by atoms with E-state index in [-0.39, 0.29) is 35.8 Å². The fourth-order valence-corrected chi connectivity index (χ4v) is 2.37. The lowest BCUT2D eigenvalue weighted by atomic mass is 10.2. The molecule has 0 fully saturated rings. The molecule has 27 heavy (non-hydrogen) atoms. The van der Waals surface area contributed by atoms with Gasteiger partial charge >= 0.3 is 5.97 Å². The Kier molecular flexibility index (Phi) is 5.11. The second-order valence-corrected chi connectivity index (χ2v) is 5.78. The number of hydrogen-bond acceptors (Lipinski definition) is 8. The number of aromatic nitrogens is 4. The summed E-state index contributed by atoms with van der Waals surface area (Å²) in [5.74, 6) is -0.270. The fraction of sp³-hybridized carbons (Fsp3) is 0.167. The molecule has 1 aromatic carbocycles. The summed E-state index contributed by atoms with van der Waals surface area (Å²) in [6.45, 7) is 1.24. The van der Waals surface area contributed by atoms with Gasteiger partial charge in [0.05, 0.1) is 0 Å². The third-order valence-electron chi connectivity index (χ3n) is 3.68. The molecule has 2 aromatic heterocycles. The van der Waals surface area contributed by atoms with E-state index in [1.165, 1.54) is 17.6 Å². The first kappa shape index (κ1) is 18.1. The molecule has 0 radical (unpaired) electrons. The molecule has 0 spiro atoms. The van der Waals surface area contributed by atoms with E-state index in [0.717, 1.165) is 5.69 Å². The van der Waals surface area contributed by atoms with Crippen molar-refractivity contribution in [1.82, 2.24) is 19.5 Å². The number of nitrogens with two attached hydrogens (primary N) is 1. The van der Waals surface area contributed by atoms with Crippen molar-refractivity contribution in [2.45, 2.75) is 13.5 Å². The summed E-state index contributed by atoms with van der Waals surface area (Å²) >= 11 is 0. The van der Waals surface area contributed by atoms with E-state index < -0.39 is 5.97 Å². The van der Waals surface area contributed by atoms with Gasteiger partial charge in [-0.15, -0.1) is 0 Å². The van der Waals surface area contributed by atoms with Crippen LogP contribution in [0.1, 0.15) is 33.6 Å². The number of hydrogen-bond donors (Lipinski definition) is 2. The molecule has 0 unspecified atom stereocenters. The molecular formula is C18H18N6O3. The van der Waals surface area contributed by atoms with Crippen molar-refractivity contribution in [3.8, 4) is 0 Å². The molecule has 9 heteroatoms. The van der Waals surface area contributed by atoms with Gasteiger partial charge in [0.1, 0.15) is 5.69 Å². The van der Waals surface area contributed by atoms with E-state index in [1.807, 2.05) is 30.3 Å². The number of carbonyl (C=O) groups is 2. The molecule has 9 nitrogen and oxygen atoms in total. The van der Waals surface area contributed by atoms with Crippen LogP contribution >= 0.6 is 0 Å². The van der Waals surface area contributed by atoms with Crippen molar-refractivity contribution in [1.29, 1.82) is 0 Å². The third-order valence-corrected chi connectivity index (χ3v) is 3.68. The van der Waals surface area contributed by atoms with Gasteiger partial charge in [-0.2, -0.15) is 15.0 Å². The van der Waals surface area contributed by atoms with Crippen molar-refractivity contribution in [3.63, 3.8) is 0 Å². The average Bonchev–Trinajstić information content (AvgIpc) is 3.02. The SMILES string of the molecule is CC(=O)c1cc(C(=O)OCc2nc(N)nc(Nc3ccccc3)n2)n(C)c1. The molecule has 138 valence electrons. The van der Waals surface area contributed by atoms with Gasteiger partial charge in [0.25, 0.3) is 0 Å². The molecule has 0 saturated heterocycles. The van der Waals surface area contributed by atoms with Crippen molar-refractivity contribution < 1.29 is 14.3 Å². The maximum Gasteiger partial charge on any atom is 0.355 e. The normalized spacial score (nSPS) is 10.4. The van der Waals surface area contributed by atoms with E-state index in [1.54, 1.807) is 13.2 Å². The Morgan fingerprint density at radius 2 is 1.93 bits per heavy atom. The Balaban J connectivity index is 1.70. The highest BCUT2D eigenvalue weighted by Crippen LogP contribution is 2.14. The third kappa shape index (κ3) is 4.46. The maximum atomic E-state index is 12.3. The number of ketones is 1. The van der Waals surface area contributed by atoms with Crippen molar-refractivity contribution >= 4 is 29.3 Å². The van der Waals surface area contributed by atoms with Crippen molar-refractivity contribution in [2.75, 3.05) is 11.1 Å². The van der Waals surface area contributed by atoms with Gasteiger partial charge in [-0.05, 0) is 25.1 Å².